The molecule has 1 atom stereocenters. The van der Waals surface area contributed by atoms with Crippen LogP contribution in [0.1, 0.15) is 18.5 Å². The van der Waals surface area contributed by atoms with Gasteiger partial charge in [0.1, 0.15) is 6.07 Å². The first-order valence-electron chi connectivity index (χ1n) is 11.1. The second-order valence-corrected chi connectivity index (χ2v) is 8.87. The molecular formula is C25H17Cl3FN7. The van der Waals surface area contributed by atoms with Gasteiger partial charge in [-0.2, -0.15) is 10.8 Å². The highest BCUT2D eigenvalue weighted by Crippen LogP contribution is 2.38. The Labute approximate surface area is 222 Å². The van der Waals surface area contributed by atoms with E-state index >= 15 is 0 Å². The average molecular weight is 542 g/mol. The standard InChI is InChI=1S/C25H17Cl3FN7/c26-17-6-7-19(22(29)21(17)28)34-23-14(10-30)11-31-25-16(23)8-15(9-18(25)27)33-24(20-12-32-36-35-20)13-4-2-1-3-5-13/h1-9,11-12,24,32-33,35-36H,(H,31,34)/i24D. The number of anilines is 3. The molecule has 2 heterocycles. The van der Waals surface area contributed by atoms with Crippen LogP contribution in [-0.2, 0) is 0 Å². The molecular weight excluding hydrogens is 524 g/mol. The van der Waals surface area contributed by atoms with Crippen molar-refractivity contribution in [2.45, 2.75) is 6.02 Å². The Bertz CT molecular complexity index is 1590. The summed E-state index contributed by atoms with van der Waals surface area (Å²) in [6.07, 6.45) is 2.98. The number of aromatic nitrogens is 1. The average Bonchev–Trinajstić information content (AvgIpc) is 3.46. The number of halogens is 4. The van der Waals surface area contributed by atoms with E-state index in [9.17, 15) is 11.0 Å². The van der Waals surface area contributed by atoms with E-state index in [0.717, 1.165) is 0 Å². The first-order chi connectivity index (χ1) is 17.8. The molecule has 5 N–H and O–H groups in total. The lowest BCUT2D eigenvalue weighted by molar-refractivity contribution is 0.583. The largest absolute Gasteiger partial charge is 0.373 e. The first-order valence-corrected chi connectivity index (χ1v) is 11.7. The molecule has 1 aliphatic rings. The first kappa shape index (κ1) is 22.7. The van der Waals surface area contributed by atoms with Crippen LogP contribution in [0.3, 0.4) is 0 Å². The molecule has 0 bridgehead atoms. The van der Waals surface area contributed by atoms with Crippen LogP contribution >= 0.6 is 34.8 Å². The summed E-state index contributed by atoms with van der Waals surface area (Å²) in [5.41, 5.74) is 10.9. The molecule has 7 nitrogen and oxygen atoms in total. The minimum absolute atomic E-state index is 0.0180. The van der Waals surface area contributed by atoms with Crippen LogP contribution in [0.4, 0.5) is 21.5 Å². The smallest absolute Gasteiger partial charge is 0.166 e. The van der Waals surface area contributed by atoms with Crippen molar-refractivity contribution in [2.75, 3.05) is 10.6 Å². The van der Waals surface area contributed by atoms with E-state index in [0.29, 0.717) is 27.9 Å². The molecule has 1 aliphatic heterocycles. The van der Waals surface area contributed by atoms with Gasteiger partial charge in [-0.1, -0.05) is 65.1 Å². The minimum Gasteiger partial charge on any atom is -0.373 e. The zero-order valence-electron chi connectivity index (χ0n) is 19.3. The van der Waals surface area contributed by atoms with Crippen LogP contribution in [0.25, 0.3) is 10.9 Å². The molecule has 0 saturated carbocycles. The molecule has 180 valence electrons. The third-order valence-corrected chi connectivity index (χ3v) is 6.50. The van der Waals surface area contributed by atoms with Gasteiger partial charge in [-0.15, -0.1) is 0 Å². The van der Waals surface area contributed by atoms with Crippen molar-refractivity contribution < 1.29 is 5.76 Å². The highest BCUT2D eigenvalue weighted by atomic mass is 35.5. The molecule has 0 radical (unpaired) electrons. The maximum Gasteiger partial charge on any atom is 0.166 e. The minimum atomic E-state index is -1.46. The molecule has 3 aromatic carbocycles. The van der Waals surface area contributed by atoms with Gasteiger partial charge in [-0.25, -0.2) is 4.39 Å². The molecule has 0 spiro atoms. The SMILES string of the molecule is [2H]C(Nc1cc(Cl)c2ncc(C#N)c(Nc3ccc(Cl)c(Cl)c3F)c2c1)(C1=CNNN1)c1ccccc1. The summed E-state index contributed by atoms with van der Waals surface area (Å²) in [6, 6.07) is 16.0. The van der Waals surface area contributed by atoms with Crippen LogP contribution in [-0.4, -0.2) is 4.98 Å². The molecule has 5 rings (SSSR count). The number of pyridine rings is 1. The normalized spacial score (nSPS) is 14.6. The number of nitrogens with one attached hydrogen (secondary N) is 5. The quantitative estimate of drug-likeness (QED) is 0.176. The van der Waals surface area contributed by atoms with Crippen LogP contribution in [0.2, 0.25) is 15.1 Å². The lowest BCUT2D eigenvalue weighted by atomic mass is 10.0. The Kier molecular flexibility index (Phi) is 6.36. The van der Waals surface area contributed by atoms with Crippen molar-refractivity contribution in [1.29, 1.82) is 5.26 Å². The molecule has 11 heteroatoms. The third kappa shape index (κ3) is 4.57. The number of nitriles is 1. The number of nitrogens with zero attached hydrogens (tertiary/aromatic N) is 2. The fraction of sp³-hybridized carbons (Fsp3) is 0.0400. The van der Waals surface area contributed by atoms with Gasteiger partial charge in [0, 0.05) is 23.5 Å². The predicted octanol–water partition coefficient (Wildman–Crippen LogP) is 6.56. The Hall–Kier alpha value is -3.74. The summed E-state index contributed by atoms with van der Waals surface area (Å²) in [5.74, 6) is -0.767. The topological polar surface area (TPSA) is 96.8 Å². The van der Waals surface area contributed by atoms with Gasteiger partial charge < -0.3 is 21.5 Å². The number of rotatable bonds is 6. The van der Waals surface area contributed by atoms with Crippen LogP contribution < -0.4 is 27.0 Å². The molecule has 0 saturated heterocycles. The Morgan fingerprint density at radius 1 is 1.08 bits per heavy atom. The Morgan fingerprint density at radius 2 is 1.89 bits per heavy atom. The van der Waals surface area contributed by atoms with Gasteiger partial charge >= 0.3 is 0 Å². The van der Waals surface area contributed by atoms with Gasteiger partial charge in [0.2, 0.25) is 0 Å². The second-order valence-electron chi connectivity index (χ2n) is 7.68. The lowest BCUT2D eigenvalue weighted by Gasteiger charge is -2.22. The highest BCUT2D eigenvalue weighted by molar-refractivity contribution is 6.42. The summed E-state index contributed by atoms with van der Waals surface area (Å²) in [4.78, 5) is 4.33. The van der Waals surface area contributed by atoms with Crippen molar-refractivity contribution >= 4 is 62.8 Å². The predicted molar refractivity (Wildman–Crippen MR) is 141 cm³/mol. The highest BCUT2D eigenvalue weighted by Gasteiger charge is 2.21. The summed E-state index contributed by atoms with van der Waals surface area (Å²) in [7, 11) is 0. The third-order valence-electron chi connectivity index (χ3n) is 5.43. The number of hydrazine groups is 2. The van der Waals surface area contributed by atoms with Crippen molar-refractivity contribution in [3.05, 3.63) is 105 Å². The van der Waals surface area contributed by atoms with E-state index in [-0.39, 0.29) is 32.0 Å². The van der Waals surface area contributed by atoms with E-state index in [1.165, 1.54) is 18.3 Å². The number of fused-ring (bicyclic) bond motifs is 1. The molecule has 1 aromatic heterocycles. The van der Waals surface area contributed by atoms with Crippen LogP contribution in [0, 0.1) is 17.1 Å². The van der Waals surface area contributed by atoms with Crippen molar-refractivity contribution in [2.24, 2.45) is 0 Å². The lowest BCUT2D eigenvalue weighted by Crippen LogP contribution is -2.33. The molecule has 0 amide bonds. The van der Waals surface area contributed by atoms with Gasteiger partial charge in [0.05, 0.1) is 50.6 Å². The van der Waals surface area contributed by atoms with Gasteiger partial charge in [-0.3, -0.25) is 4.98 Å². The molecule has 36 heavy (non-hydrogen) atoms. The number of hydrogen-bond donors (Lipinski definition) is 5. The molecule has 4 aromatic rings. The zero-order valence-corrected chi connectivity index (χ0v) is 20.5. The van der Waals surface area contributed by atoms with E-state index in [4.69, 9.17) is 34.8 Å². The maximum absolute atomic E-state index is 14.9. The molecule has 1 unspecified atom stereocenters. The molecule has 0 fully saturated rings. The summed E-state index contributed by atoms with van der Waals surface area (Å²) in [6.45, 7) is 0. The fourth-order valence-electron chi connectivity index (χ4n) is 3.73. The van der Waals surface area contributed by atoms with E-state index in [1.54, 1.807) is 18.3 Å². The Balaban J connectivity index is 1.65. The summed E-state index contributed by atoms with van der Waals surface area (Å²) in [5, 5.41) is 16.4. The van der Waals surface area contributed by atoms with Crippen molar-refractivity contribution in [3.63, 3.8) is 0 Å². The maximum atomic E-state index is 14.9. The Morgan fingerprint density at radius 3 is 2.61 bits per heavy atom. The van der Waals surface area contributed by atoms with Crippen LogP contribution in [0.15, 0.2) is 72.7 Å². The number of hydrogen-bond acceptors (Lipinski definition) is 7. The second kappa shape index (κ2) is 10.1. The van der Waals surface area contributed by atoms with Crippen molar-refractivity contribution in [3.8, 4) is 6.07 Å². The summed E-state index contributed by atoms with van der Waals surface area (Å²) < 4.78 is 24.2. The van der Waals surface area contributed by atoms with E-state index < -0.39 is 11.8 Å². The van der Waals surface area contributed by atoms with E-state index in [2.05, 4.69) is 38.1 Å². The van der Waals surface area contributed by atoms with Gasteiger partial charge in [0.15, 0.2) is 5.82 Å². The monoisotopic (exact) mass is 540 g/mol. The van der Waals surface area contributed by atoms with Crippen molar-refractivity contribution in [1.82, 2.24) is 21.4 Å². The molecule has 0 aliphatic carbocycles. The van der Waals surface area contributed by atoms with Gasteiger partial charge in [-0.05, 0) is 29.8 Å². The number of benzene rings is 3. The van der Waals surface area contributed by atoms with Crippen LogP contribution in [0.5, 0.6) is 0 Å². The summed E-state index contributed by atoms with van der Waals surface area (Å²) >= 11 is 18.5. The van der Waals surface area contributed by atoms with Gasteiger partial charge in [0.25, 0.3) is 0 Å². The fourth-order valence-corrected chi connectivity index (χ4v) is 4.31. The van der Waals surface area contributed by atoms with E-state index in [1.807, 2.05) is 30.3 Å². The zero-order chi connectivity index (χ0) is 26.2.